The van der Waals surface area contributed by atoms with E-state index in [4.69, 9.17) is 10.5 Å². The van der Waals surface area contributed by atoms with Crippen molar-refractivity contribution in [1.82, 2.24) is 0 Å². The molecule has 1 heterocycles. The van der Waals surface area contributed by atoms with Gasteiger partial charge in [-0.05, 0) is 19.3 Å². The Balaban J connectivity index is 2.56. The second-order valence-electron chi connectivity index (χ2n) is 3.05. The van der Waals surface area contributed by atoms with Gasteiger partial charge < -0.3 is 10.5 Å². The summed E-state index contributed by atoms with van der Waals surface area (Å²) in [6, 6.07) is 0. The molecule has 0 amide bonds. The standard InChI is InChI=1S/C7H15NO/c1-6-3-4-9-7(6,2)5-8/h6H,3-5,8H2,1-2H3. The van der Waals surface area contributed by atoms with Gasteiger partial charge in [0.1, 0.15) is 0 Å². The van der Waals surface area contributed by atoms with E-state index in [0.29, 0.717) is 12.5 Å². The van der Waals surface area contributed by atoms with E-state index >= 15 is 0 Å². The van der Waals surface area contributed by atoms with Crippen molar-refractivity contribution >= 4 is 0 Å². The maximum atomic E-state index is 5.53. The summed E-state index contributed by atoms with van der Waals surface area (Å²) >= 11 is 0. The molecule has 1 rings (SSSR count). The highest BCUT2D eigenvalue weighted by molar-refractivity contribution is 4.86. The van der Waals surface area contributed by atoms with Gasteiger partial charge in [0, 0.05) is 13.2 Å². The maximum absolute atomic E-state index is 5.53. The molecule has 2 heteroatoms. The molecule has 0 aliphatic carbocycles. The Morgan fingerprint density at radius 1 is 1.78 bits per heavy atom. The van der Waals surface area contributed by atoms with Crippen molar-refractivity contribution in [3.8, 4) is 0 Å². The maximum Gasteiger partial charge on any atom is 0.0802 e. The third kappa shape index (κ3) is 1.10. The number of ether oxygens (including phenoxy) is 1. The summed E-state index contributed by atoms with van der Waals surface area (Å²) in [6.07, 6.45) is 1.16. The molecule has 54 valence electrons. The molecule has 2 unspecified atom stereocenters. The summed E-state index contributed by atoms with van der Waals surface area (Å²) in [4.78, 5) is 0. The number of rotatable bonds is 1. The van der Waals surface area contributed by atoms with Crippen LogP contribution in [0.2, 0.25) is 0 Å². The largest absolute Gasteiger partial charge is 0.374 e. The molecule has 2 N–H and O–H groups in total. The quantitative estimate of drug-likeness (QED) is 0.567. The van der Waals surface area contributed by atoms with E-state index in [0.717, 1.165) is 13.0 Å². The van der Waals surface area contributed by atoms with E-state index in [9.17, 15) is 0 Å². The first-order valence-electron chi connectivity index (χ1n) is 3.53. The van der Waals surface area contributed by atoms with Gasteiger partial charge in [-0.3, -0.25) is 0 Å². The third-order valence-corrected chi connectivity index (χ3v) is 2.43. The van der Waals surface area contributed by atoms with Gasteiger partial charge >= 0.3 is 0 Å². The zero-order valence-electron chi connectivity index (χ0n) is 6.18. The molecule has 0 aromatic carbocycles. The summed E-state index contributed by atoms with van der Waals surface area (Å²) in [5, 5.41) is 0. The van der Waals surface area contributed by atoms with Gasteiger partial charge in [-0.1, -0.05) is 6.92 Å². The average Bonchev–Trinajstić information content (AvgIpc) is 2.15. The fraction of sp³-hybridized carbons (Fsp3) is 1.00. The Hall–Kier alpha value is -0.0800. The first-order chi connectivity index (χ1) is 4.19. The van der Waals surface area contributed by atoms with Gasteiger partial charge in [0.25, 0.3) is 0 Å². The number of nitrogens with two attached hydrogens (primary N) is 1. The average molecular weight is 129 g/mol. The number of hydrogen-bond acceptors (Lipinski definition) is 2. The van der Waals surface area contributed by atoms with Crippen molar-refractivity contribution in [2.24, 2.45) is 11.7 Å². The van der Waals surface area contributed by atoms with Crippen LogP contribution in [0.3, 0.4) is 0 Å². The van der Waals surface area contributed by atoms with Gasteiger partial charge in [0.05, 0.1) is 5.60 Å². The zero-order chi connectivity index (χ0) is 6.91. The van der Waals surface area contributed by atoms with Gasteiger partial charge in [-0.2, -0.15) is 0 Å². The Labute approximate surface area is 56.4 Å². The molecule has 0 bridgehead atoms. The van der Waals surface area contributed by atoms with Crippen LogP contribution in [0, 0.1) is 5.92 Å². The minimum atomic E-state index is -0.0278. The molecule has 2 nitrogen and oxygen atoms in total. The second kappa shape index (κ2) is 2.27. The molecule has 1 aliphatic heterocycles. The van der Waals surface area contributed by atoms with Crippen LogP contribution >= 0.6 is 0 Å². The van der Waals surface area contributed by atoms with Crippen molar-refractivity contribution in [1.29, 1.82) is 0 Å². The predicted molar refractivity (Wildman–Crippen MR) is 37.2 cm³/mol. The van der Waals surface area contributed by atoms with Crippen LogP contribution in [-0.4, -0.2) is 18.8 Å². The highest BCUT2D eigenvalue weighted by atomic mass is 16.5. The summed E-state index contributed by atoms with van der Waals surface area (Å²) in [6.45, 7) is 5.81. The van der Waals surface area contributed by atoms with Gasteiger partial charge in [-0.15, -0.1) is 0 Å². The first-order valence-corrected chi connectivity index (χ1v) is 3.53. The van der Waals surface area contributed by atoms with Gasteiger partial charge in [0.2, 0.25) is 0 Å². The van der Waals surface area contributed by atoms with Gasteiger partial charge in [-0.25, -0.2) is 0 Å². The molecule has 9 heavy (non-hydrogen) atoms. The lowest BCUT2D eigenvalue weighted by Gasteiger charge is -2.25. The van der Waals surface area contributed by atoms with Crippen LogP contribution < -0.4 is 5.73 Å². The fourth-order valence-electron chi connectivity index (χ4n) is 1.18. The summed E-state index contributed by atoms with van der Waals surface area (Å²) in [5.74, 6) is 0.627. The zero-order valence-corrected chi connectivity index (χ0v) is 6.18. The third-order valence-electron chi connectivity index (χ3n) is 2.43. The van der Waals surface area contributed by atoms with Crippen molar-refractivity contribution in [3.63, 3.8) is 0 Å². The molecule has 0 saturated carbocycles. The summed E-state index contributed by atoms with van der Waals surface area (Å²) in [7, 11) is 0. The topological polar surface area (TPSA) is 35.2 Å². The molecule has 0 spiro atoms. The highest BCUT2D eigenvalue weighted by Crippen LogP contribution is 2.29. The molecule has 0 aromatic heterocycles. The van der Waals surface area contributed by atoms with Crippen LogP contribution in [0.4, 0.5) is 0 Å². The van der Waals surface area contributed by atoms with E-state index in [1.165, 1.54) is 0 Å². The Bertz CT molecular complexity index is 105. The van der Waals surface area contributed by atoms with E-state index in [-0.39, 0.29) is 5.60 Å². The molecule has 0 radical (unpaired) electrons. The molecule has 0 aromatic rings. The normalized spacial score (nSPS) is 43.7. The Morgan fingerprint density at radius 3 is 2.67 bits per heavy atom. The molecule has 1 fully saturated rings. The minimum absolute atomic E-state index is 0.0278. The molecular weight excluding hydrogens is 114 g/mol. The SMILES string of the molecule is CC1CCOC1(C)CN. The van der Waals surface area contributed by atoms with Crippen LogP contribution in [0.25, 0.3) is 0 Å². The van der Waals surface area contributed by atoms with Crippen LogP contribution in [-0.2, 0) is 4.74 Å². The smallest absolute Gasteiger partial charge is 0.0802 e. The van der Waals surface area contributed by atoms with Crippen molar-refractivity contribution in [2.75, 3.05) is 13.2 Å². The number of hydrogen-bond donors (Lipinski definition) is 1. The first kappa shape index (κ1) is 7.03. The van der Waals surface area contributed by atoms with E-state index in [1.807, 2.05) is 0 Å². The van der Waals surface area contributed by atoms with Crippen LogP contribution in [0.1, 0.15) is 20.3 Å². The predicted octanol–water partition coefficient (Wildman–Crippen LogP) is 0.760. The van der Waals surface area contributed by atoms with E-state index in [2.05, 4.69) is 13.8 Å². The Kier molecular flexibility index (Phi) is 1.78. The Morgan fingerprint density at radius 2 is 2.44 bits per heavy atom. The summed E-state index contributed by atoms with van der Waals surface area (Å²) < 4.78 is 5.48. The van der Waals surface area contributed by atoms with Crippen LogP contribution in [0.5, 0.6) is 0 Å². The molecule has 1 saturated heterocycles. The van der Waals surface area contributed by atoms with Crippen molar-refractivity contribution in [2.45, 2.75) is 25.9 Å². The molecule has 2 atom stereocenters. The van der Waals surface area contributed by atoms with Gasteiger partial charge in [0.15, 0.2) is 0 Å². The lowest BCUT2D eigenvalue weighted by atomic mass is 9.91. The van der Waals surface area contributed by atoms with Crippen molar-refractivity contribution in [3.05, 3.63) is 0 Å². The van der Waals surface area contributed by atoms with Crippen LogP contribution in [0.15, 0.2) is 0 Å². The van der Waals surface area contributed by atoms with E-state index in [1.54, 1.807) is 0 Å². The lowest BCUT2D eigenvalue weighted by Crippen LogP contribution is -2.38. The highest BCUT2D eigenvalue weighted by Gasteiger charge is 2.35. The second-order valence-corrected chi connectivity index (χ2v) is 3.05. The molecular formula is C7H15NO. The monoisotopic (exact) mass is 129 g/mol. The minimum Gasteiger partial charge on any atom is -0.374 e. The lowest BCUT2D eigenvalue weighted by molar-refractivity contribution is 0.00656. The van der Waals surface area contributed by atoms with Crippen molar-refractivity contribution < 1.29 is 4.74 Å². The van der Waals surface area contributed by atoms with E-state index < -0.39 is 0 Å². The summed E-state index contributed by atoms with van der Waals surface area (Å²) in [5.41, 5.74) is 5.51. The fourth-order valence-corrected chi connectivity index (χ4v) is 1.18. The molecule has 1 aliphatic rings.